The molecule has 0 aliphatic carbocycles. The molecule has 20 heavy (non-hydrogen) atoms. The molecule has 0 aliphatic rings. The van der Waals surface area contributed by atoms with E-state index in [4.69, 9.17) is 0 Å². The average Bonchev–Trinajstić information content (AvgIpc) is 2.52. The highest BCUT2D eigenvalue weighted by Crippen LogP contribution is 2.22. The van der Waals surface area contributed by atoms with Gasteiger partial charge in [-0.1, -0.05) is 71.2 Å². The zero-order chi connectivity index (χ0) is 16.0. The predicted octanol–water partition coefficient (Wildman–Crippen LogP) is 6.49. The standard InChI is InChI=1S/C15H17N.2C2H6/c1-5-9-12-11-16-15(8-4)14(10-6-2)13(12)7-3;2*1-2/h5-11H,3-4H2,1-2H3;2*1-2H3/b9-5-,10-6-;;. The Labute approximate surface area is 125 Å². The van der Waals surface area contributed by atoms with Crippen LogP contribution >= 0.6 is 0 Å². The van der Waals surface area contributed by atoms with Crippen molar-refractivity contribution in [2.75, 3.05) is 0 Å². The van der Waals surface area contributed by atoms with Gasteiger partial charge in [0, 0.05) is 17.3 Å². The molecule has 0 aliphatic heterocycles. The highest BCUT2D eigenvalue weighted by Gasteiger charge is 2.06. The second-order valence-electron chi connectivity index (χ2n) is 3.33. The lowest BCUT2D eigenvalue weighted by molar-refractivity contribution is 1.26. The van der Waals surface area contributed by atoms with Crippen LogP contribution in [0.15, 0.2) is 31.5 Å². The van der Waals surface area contributed by atoms with Crippen LogP contribution in [0.4, 0.5) is 0 Å². The zero-order valence-electron chi connectivity index (χ0n) is 13.9. The fraction of sp³-hybridized carbons (Fsp3) is 0.316. The Morgan fingerprint density at radius 1 is 0.850 bits per heavy atom. The van der Waals surface area contributed by atoms with Crippen molar-refractivity contribution >= 4 is 24.3 Å². The second-order valence-corrected chi connectivity index (χ2v) is 3.33. The third-order valence-corrected chi connectivity index (χ3v) is 2.30. The molecule has 0 amide bonds. The van der Waals surface area contributed by atoms with E-state index in [0.717, 1.165) is 22.4 Å². The van der Waals surface area contributed by atoms with Gasteiger partial charge in [-0.05, 0) is 25.5 Å². The summed E-state index contributed by atoms with van der Waals surface area (Å²) in [7, 11) is 0. The summed E-state index contributed by atoms with van der Waals surface area (Å²) in [5.74, 6) is 0. The quantitative estimate of drug-likeness (QED) is 0.610. The molecule has 0 saturated heterocycles. The lowest BCUT2D eigenvalue weighted by atomic mass is 10.00. The molecule has 0 atom stereocenters. The summed E-state index contributed by atoms with van der Waals surface area (Å²) in [5, 5.41) is 0. The first-order valence-corrected chi connectivity index (χ1v) is 7.31. The van der Waals surface area contributed by atoms with E-state index in [1.54, 1.807) is 6.08 Å². The van der Waals surface area contributed by atoms with Crippen LogP contribution in [-0.4, -0.2) is 4.98 Å². The summed E-state index contributed by atoms with van der Waals surface area (Å²) in [6.45, 7) is 19.6. The maximum atomic E-state index is 4.37. The van der Waals surface area contributed by atoms with E-state index < -0.39 is 0 Å². The molecule has 0 spiro atoms. The van der Waals surface area contributed by atoms with Gasteiger partial charge in [0.25, 0.3) is 0 Å². The van der Waals surface area contributed by atoms with Crippen molar-refractivity contribution in [2.45, 2.75) is 41.5 Å². The van der Waals surface area contributed by atoms with E-state index in [1.807, 2.05) is 78.1 Å². The second kappa shape index (κ2) is 13.5. The van der Waals surface area contributed by atoms with Crippen LogP contribution in [0, 0.1) is 0 Å². The molecule has 1 heteroatoms. The third kappa shape index (κ3) is 5.83. The lowest BCUT2D eigenvalue weighted by Crippen LogP contribution is -1.94. The topological polar surface area (TPSA) is 12.9 Å². The number of pyridine rings is 1. The van der Waals surface area contributed by atoms with Gasteiger partial charge in [0.1, 0.15) is 0 Å². The van der Waals surface area contributed by atoms with E-state index in [9.17, 15) is 0 Å². The Kier molecular flexibility index (Phi) is 13.8. The first kappa shape index (κ1) is 20.4. The van der Waals surface area contributed by atoms with Crippen LogP contribution in [0.2, 0.25) is 0 Å². The van der Waals surface area contributed by atoms with Crippen LogP contribution in [0.3, 0.4) is 0 Å². The molecule has 1 aromatic rings. The van der Waals surface area contributed by atoms with Crippen molar-refractivity contribution in [1.29, 1.82) is 0 Å². The molecule has 1 rings (SSSR count). The predicted molar refractivity (Wildman–Crippen MR) is 96.5 cm³/mol. The molecule has 1 aromatic heterocycles. The molecule has 0 aromatic carbocycles. The molecule has 0 bridgehead atoms. The van der Waals surface area contributed by atoms with Crippen molar-refractivity contribution in [2.24, 2.45) is 0 Å². The molecule has 0 fully saturated rings. The van der Waals surface area contributed by atoms with Gasteiger partial charge in [-0.2, -0.15) is 0 Å². The number of rotatable bonds is 4. The minimum Gasteiger partial charge on any atom is -0.256 e. The largest absolute Gasteiger partial charge is 0.256 e. The molecular formula is C19H29N. The van der Waals surface area contributed by atoms with Crippen LogP contribution in [-0.2, 0) is 0 Å². The summed E-state index contributed by atoms with van der Waals surface area (Å²) >= 11 is 0. The van der Waals surface area contributed by atoms with Crippen molar-refractivity contribution in [1.82, 2.24) is 4.98 Å². The summed E-state index contributed by atoms with van der Waals surface area (Å²) in [6, 6.07) is 0. The van der Waals surface area contributed by atoms with E-state index in [2.05, 4.69) is 18.1 Å². The summed E-state index contributed by atoms with van der Waals surface area (Å²) in [6.07, 6.45) is 13.5. The Hall–Kier alpha value is -1.89. The molecule has 110 valence electrons. The van der Waals surface area contributed by atoms with Gasteiger partial charge < -0.3 is 0 Å². The molecule has 0 unspecified atom stereocenters. The highest BCUT2D eigenvalue weighted by molar-refractivity contribution is 5.77. The fourth-order valence-electron chi connectivity index (χ4n) is 1.62. The Balaban J connectivity index is 0. The number of aromatic nitrogens is 1. The highest BCUT2D eigenvalue weighted by atomic mass is 14.7. The maximum Gasteiger partial charge on any atom is 0.0702 e. The minimum absolute atomic E-state index is 0.890. The van der Waals surface area contributed by atoms with Gasteiger partial charge in [0.15, 0.2) is 0 Å². The zero-order valence-corrected chi connectivity index (χ0v) is 13.9. The first-order valence-electron chi connectivity index (χ1n) is 7.31. The SMILES string of the molecule is C=Cc1ncc(/C=C\C)c(C=C)c1/C=C\C.CC.CC. The van der Waals surface area contributed by atoms with Gasteiger partial charge in [-0.25, -0.2) is 0 Å². The Morgan fingerprint density at radius 3 is 1.80 bits per heavy atom. The molecule has 0 radical (unpaired) electrons. The average molecular weight is 271 g/mol. The van der Waals surface area contributed by atoms with Gasteiger partial charge in [0.2, 0.25) is 0 Å². The van der Waals surface area contributed by atoms with Crippen molar-refractivity contribution in [3.8, 4) is 0 Å². The lowest BCUT2D eigenvalue weighted by Gasteiger charge is -2.08. The van der Waals surface area contributed by atoms with E-state index in [1.165, 1.54) is 0 Å². The summed E-state index contributed by atoms with van der Waals surface area (Å²) in [5.41, 5.74) is 4.14. The molecule has 0 saturated carbocycles. The van der Waals surface area contributed by atoms with Gasteiger partial charge in [0.05, 0.1) is 5.69 Å². The molecule has 0 N–H and O–H groups in total. The van der Waals surface area contributed by atoms with Crippen molar-refractivity contribution < 1.29 is 0 Å². The van der Waals surface area contributed by atoms with Gasteiger partial charge in [-0.3, -0.25) is 4.98 Å². The van der Waals surface area contributed by atoms with E-state index in [0.29, 0.717) is 0 Å². The summed E-state index contributed by atoms with van der Waals surface area (Å²) < 4.78 is 0. The number of nitrogens with zero attached hydrogens (tertiary/aromatic N) is 1. The van der Waals surface area contributed by atoms with Crippen LogP contribution in [0.5, 0.6) is 0 Å². The van der Waals surface area contributed by atoms with Gasteiger partial charge in [-0.15, -0.1) is 0 Å². The van der Waals surface area contributed by atoms with Crippen LogP contribution in [0.25, 0.3) is 24.3 Å². The number of allylic oxidation sites excluding steroid dienone is 2. The normalized spacial score (nSPS) is 9.50. The van der Waals surface area contributed by atoms with Crippen LogP contribution in [0.1, 0.15) is 63.9 Å². The fourth-order valence-corrected chi connectivity index (χ4v) is 1.62. The minimum atomic E-state index is 0.890. The van der Waals surface area contributed by atoms with Crippen molar-refractivity contribution in [3.63, 3.8) is 0 Å². The summed E-state index contributed by atoms with van der Waals surface area (Å²) in [4.78, 5) is 4.37. The molecule has 1 nitrogen and oxygen atoms in total. The molecule has 1 heterocycles. The van der Waals surface area contributed by atoms with Crippen LogP contribution < -0.4 is 0 Å². The first-order chi connectivity index (χ1) is 9.78. The number of hydrogen-bond acceptors (Lipinski definition) is 1. The van der Waals surface area contributed by atoms with Gasteiger partial charge >= 0.3 is 0 Å². The smallest absolute Gasteiger partial charge is 0.0702 e. The van der Waals surface area contributed by atoms with E-state index >= 15 is 0 Å². The van der Waals surface area contributed by atoms with E-state index in [-0.39, 0.29) is 0 Å². The third-order valence-electron chi connectivity index (χ3n) is 2.30. The Morgan fingerprint density at radius 2 is 1.40 bits per heavy atom. The number of hydrogen-bond donors (Lipinski definition) is 0. The maximum absolute atomic E-state index is 4.37. The molecular weight excluding hydrogens is 242 g/mol. The monoisotopic (exact) mass is 271 g/mol. The van der Waals surface area contributed by atoms with Crippen molar-refractivity contribution in [3.05, 3.63) is 53.9 Å². The Bertz CT molecular complexity index is 451.